The Morgan fingerprint density at radius 3 is 1.60 bits per heavy atom. The molecule has 80 heavy (non-hydrogen) atoms. The van der Waals surface area contributed by atoms with Crippen LogP contribution in [0.25, 0.3) is 99.5 Å². The molecule has 0 bridgehead atoms. The van der Waals surface area contributed by atoms with Gasteiger partial charge in [0.05, 0.1) is 22.1 Å². The summed E-state index contributed by atoms with van der Waals surface area (Å²) in [5, 5.41) is 6.59. The van der Waals surface area contributed by atoms with Gasteiger partial charge in [0.2, 0.25) is 0 Å². The van der Waals surface area contributed by atoms with E-state index in [-0.39, 0.29) is 28.4 Å². The molecule has 12 aromatic rings. The lowest BCUT2D eigenvalue weighted by molar-refractivity contribution is 0.588. The summed E-state index contributed by atoms with van der Waals surface area (Å²) in [6, 6.07) is 74.4. The van der Waals surface area contributed by atoms with E-state index in [1.54, 1.807) is 0 Å². The third kappa shape index (κ3) is 6.11. The summed E-state index contributed by atoms with van der Waals surface area (Å²) >= 11 is 0. The van der Waals surface area contributed by atoms with E-state index in [2.05, 4.69) is 280 Å². The van der Waals surface area contributed by atoms with Gasteiger partial charge in [-0.1, -0.05) is 241 Å². The zero-order valence-electron chi connectivity index (χ0n) is 48.4. The molecule has 0 N–H and O–H groups in total. The lowest BCUT2D eigenvalue weighted by atomic mass is 9.33. The number of benzene rings is 10. The summed E-state index contributed by atoms with van der Waals surface area (Å²) in [5.41, 5.74) is 31.1. The van der Waals surface area contributed by atoms with E-state index < -0.39 is 5.41 Å². The molecule has 1 aliphatic carbocycles. The van der Waals surface area contributed by atoms with Gasteiger partial charge in [0.1, 0.15) is 0 Å². The van der Waals surface area contributed by atoms with Crippen LogP contribution in [0.5, 0.6) is 0 Å². The third-order valence-electron chi connectivity index (χ3n) is 19.3. The molecule has 10 aromatic carbocycles. The molecule has 388 valence electrons. The van der Waals surface area contributed by atoms with Crippen LogP contribution < -0.4 is 16.4 Å². The average Bonchev–Trinajstić information content (AvgIpc) is 4.18. The normalized spacial score (nSPS) is 14.6. The van der Waals surface area contributed by atoms with Crippen LogP contribution >= 0.6 is 0 Å². The minimum atomic E-state index is -0.582. The zero-order chi connectivity index (χ0) is 54.9. The molecular formula is C77H67BN2. The van der Waals surface area contributed by atoms with E-state index in [9.17, 15) is 0 Å². The highest BCUT2D eigenvalue weighted by atomic mass is 15.1. The van der Waals surface area contributed by atoms with Crippen molar-refractivity contribution in [1.29, 1.82) is 0 Å². The van der Waals surface area contributed by atoms with Crippen molar-refractivity contribution in [3.63, 3.8) is 0 Å². The molecule has 0 saturated heterocycles. The first-order chi connectivity index (χ1) is 38.2. The van der Waals surface area contributed by atoms with Crippen LogP contribution in [-0.4, -0.2) is 15.8 Å². The summed E-state index contributed by atoms with van der Waals surface area (Å²) in [6.45, 7) is 28.3. The Balaban J connectivity index is 1.14. The average molecular weight is 1030 g/mol. The molecule has 0 saturated carbocycles. The summed E-state index contributed by atoms with van der Waals surface area (Å²) < 4.78 is 5.54. The maximum absolute atomic E-state index is 2.79. The Labute approximate surface area is 471 Å². The molecule has 16 rings (SSSR count). The fraction of sp³-hybridized carbons (Fsp3) is 0.221. The predicted molar refractivity (Wildman–Crippen MR) is 342 cm³/mol. The second-order valence-electron chi connectivity index (χ2n) is 28.1. The van der Waals surface area contributed by atoms with Crippen LogP contribution in [0.2, 0.25) is 0 Å². The Kier molecular flexibility index (Phi) is 9.33. The van der Waals surface area contributed by atoms with E-state index in [0.29, 0.717) is 0 Å². The Morgan fingerprint density at radius 2 is 0.938 bits per heavy atom. The molecule has 3 heteroatoms. The van der Waals surface area contributed by atoms with E-state index >= 15 is 0 Å². The molecule has 4 aliphatic rings. The maximum Gasteiger partial charge on any atom is 0.253 e. The standard InChI is InChI=1S/C77H67BN2/c1-73(2,3)47-32-30-44(31-33-47)55-39-48(74(4,5)6)34-35-54(55)65-58-38-46-24-16-17-25-51(46)66-71(58)79(68(65)45-22-14-13-15-23-45)64-37-36-61-72-67(64)78(66)63-43-50(76(10,11)12)41-57-56-40-49(75(7,8)9)42-62(69(56)80(72)70(57)63)77(61)59-28-20-18-26-52(59)53-27-19-21-29-60(53)77/h13-43H,1-12H3. The lowest BCUT2D eigenvalue weighted by Gasteiger charge is -2.44. The number of hydrogen-bond donors (Lipinski definition) is 0. The van der Waals surface area contributed by atoms with Crippen molar-refractivity contribution < 1.29 is 0 Å². The van der Waals surface area contributed by atoms with Crippen molar-refractivity contribution in [2.24, 2.45) is 0 Å². The Bertz CT molecular complexity index is 4670. The maximum atomic E-state index is 2.79. The molecule has 3 aliphatic heterocycles. The van der Waals surface area contributed by atoms with Crippen molar-refractivity contribution >= 4 is 66.6 Å². The van der Waals surface area contributed by atoms with E-state index in [1.165, 1.54) is 160 Å². The van der Waals surface area contributed by atoms with Gasteiger partial charge >= 0.3 is 0 Å². The fourth-order valence-corrected chi connectivity index (χ4v) is 15.4. The van der Waals surface area contributed by atoms with E-state index in [1.807, 2.05) is 0 Å². The van der Waals surface area contributed by atoms with Crippen LogP contribution in [0.15, 0.2) is 188 Å². The molecule has 0 radical (unpaired) electrons. The number of rotatable bonds is 3. The van der Waals surface area contributed by atoms with E-state index in [4.69, 9.17) is 0 Å². The van der Waals surface area contributed by atoms with Gasteiger partial charge in [0.15, 0.2) is 0 Å². The molecule has 0 fully saturated rings. The van der Waals surface area contributed by atoms with Gasteiger partial charge < -0.3 is 9.13 Å². The van der Waals surface area contributed by atoms with Crippen molar-refractivity contribution in [2.75, 3.05) is 0 Å². The minimum Gasteiger partial charge on any atom is -0.310 e. The van der Waals surface area contributed by atoms with Crippen molar-refractivity contribution in [3.05, 3.63) is 233 Å². The summed E-state index contributed by atoms with van der Waals surface area (Å²) in [6.07, 6.45) is 0. The van der Waals surface area contributed by atoms with Crippen LogP contribution in [-0.2, 0) is 27.1 Å². The number of nitrogens with zero attached hydrogens (tertiary/aromatic N) is 2. The second kappa shape index (κ2) is 15.6. The monoisotopic (exact) mass is 1030 g/mol. The highest BCUT2D eigenvalue weighted by Crippen LogP contribution is 2.62. The zero-order valence-corrected chi connectivity index (χ0v) is 48.4. The fourth-order valence-electron chi connectivity index (χ4n) is 15.4. The van der Waals surface area contributed by atoms with Gasteiger partial charge in [0.25, 0.3) is 6.71 Å². The van der Waals surface area contributed by atoms with Gasteiger partial charge in [-0.15, -0.1) is 0 Å². The van der Waals surface area contributed by atoms with Crippen LogP contribution in [0, 0.1) is 0 Å². The molecule has 0 atom stereocenters. The van der Waals surface area contributed by atoms with Gasteiger partial charge in [-0.25, -0.2) is 0 Å². The number of hydrogen-bond acceptors (Lipinski definition) is 0. The summed E-state index contributed by atoms with van der Waals surface area (Å²) in [5.74, 6) is 0. The van der Waals surface area contributed by atoms with Gasteiger partial charge in [-0.05, 0) is 157 Å². The SMILES string of the molecule is CC(C)(C)c1ccc(-c2cc(C(C)(C)C)ccc2-c2c(-c3ccccc3)n3c4c(c5ccccc5cc24)B2c4c-3ccc3c4-n4c5c2cc(C(C)(C)C)cc5c2cc(C(C)(C)C)cc(c24)C32c3ccccc3-c3ccccc32)cc1. The van der Waals surface area contributed by atoms with Gasteiger partial charge in [0, 0.05) is 38.6 Å². The summed E-state index contributed by atoms with van der Waals surface area (Å²) in [7, 11) is 0. The highest BCUT2D eigenvalue weighted by molar-refractivity contribution is 7.01. The van der Waals surface area contributed by atoms with Crippen LogP contribution in [0.3, 0.4) is 0 Å². The topological polar surface area (TPSA) is 9.86 Å². The largest absolute Gasteiger partial charge is 0.310 e. The van der Waals surface area contributed by atoms with Crippen molar-refractivity contribution in [3.8, 4) is 56.0 Å². The van der Waals surface area contributed by atoms with Crippen molar-refractivity contribution in [2.45, 2.75) is 110 Å². The minimum absolute atomic E-state index is 0.0360. The van der Waals surface area contributed by atoms with Crippen LogP contribution in [0.4, 0.5) is 0 Å². The lowest BCUT2D eigenvalue weighted by Crippen LogP contribution is -2.61. The van der Waals surface area contributed by atoms with Crippen LogP contribution in [0.1, 0.15) is 128 Å². The Morgan fingerprint density at radius 1 is 0.350 bits per heavy atom. The number of fused-ring (bicyclic) bond motifs is 13. The third-order valence-corrected chi connectivity index (χ3v) is 19.3. The van der Waals surface area contributed by atoms with Gasteiger partial charge in [-0.3, -0.25) is 0 Å². The first kappa shape index (κ1) is 47.8. The molecule has 0 amide bonds. The first-order valence-corrected chi connectivity index (χ1v) is 29.2. The first-order valence-electron chi connectivity index (χ1n) is 29.2. The second-order valence-corrected chi connectivity index (χ2v) is 28.1. The molecule has 1 spiro atoms. The summed E-state index contributed by atoms with van der Waals surface area (Å²) in [4.78, 5) is 0. The van der Waals surface area contributed by atoms with Gasteiger partial charge in [-0.2, -0.15) is 0 Å². The van der Waals surface area contributed by atoms with E-state index in [0.717, 1.165) is 0 Å². The number of aromatic nitrogens is 2. The molecule has 2 nitrogen and oxygen atoms in total. The quantitative estimate of drug-likeness (QED) is 0.156. The highest BCUT2D eigenvalue weighted by Gasteiger charge is 2.55. The van der Waals surface area contributed by atoms with Crippen molar-refractivity contribution in [1.82, 2.24) is 9.13 Å². The Hall–Kier alpha value is -8.14. The molecule has 5 heterocycles. The smallest absolute Gasteiger partial charge is 0.253 e. The molecule has 2 aromatic heterocycles. The predicted octanol–water partition coefficient (Wildman–Crippen LogP) is 17.9. The molecular weight excluding hydrogens is 964 g/mol. The molecule has 0 unspecified atom stereocenters.